The van der Waals surface area contributed by atoms with Gasteiger partial charge in [-0.2, -0.15) is 0 Å². The Balaban J connectivity index is 1.79. The molecule has 0 aliphatic carbocycles. The molecule has 0 radical (unpaired) electrons. The summed E-state index contributed by atoms with van der Waals surface area (Å²) in [6, 6.07) is 0.862. The van der Waals surface area contributed by atoms with E-state index in [0.717, 1.165) is 25.0 Å². The molecule has 3 heteroatoms. The van der Waals surface area contributed by atoms with Gasteiger partial charge in [-0.05, 0) is 63.7 Å². The van der Waals surface area contributed by atoms with E-state index in [1.807, 2.05) is 0 Å². The molecule has 0 amide bonds. The molecular weight excluding hydrogens is 246 g/mol. The fourth-order valence-corrected chi connectivity index (χ4v) is 4.14. The smallest absolute Gasteiger partial charge is 0.0145 e. The fourth-order valence-electron chi connectivity index (χ4n) is 4.14. The SMILES string of the molecule is CCCNCC(C)(C)CN1CCC2C(CCCN2C)C1. The summed E-state index contributed by atoms with van der Waals surface area (Å²) >= 11 is 0. The van der Waals surface area contributed by atoms with E-state index >= 15 is 0 Å². The Labute approximate surface area is 126 Å². The van der Waals surface area contributed by atoms with Crippen LogP contribution in [0.4, 0.5) is 0 Å². The van der Waals surface area contributed by atoms with Crippen LogP contribution in [0.2, 0.25) is 0 Å². The van der Waals surface area contributed by atoms with Crippen molar-refractivity contribution in [2.75, 3.05) is 46.3 Å². The quantitative estimate of drug-likeness (QED) is 0.754. The van der Waals surface area contributed by atoms with Crippen LogP contribution in [-0.4, -0.2) is 62.2 Å². The normalized spacial score (nSPS) is 29.4. The van der Waals surface area contributed by atoms with E-state index in [9.17, 15) is 0 Å². The van der Waals surface area contributed by atoms with Crippen molar-refractivity contribution in [3.05, 3.63) is 0 Å². The summed E-state index contributed by atoms with van der Waals surface area (Å²) in [7, 11) is 2.32. The molecule has 2 heterocycles. The zero-order valence-corrected chi connectivity index (χ0v) is 14.1. The largest absolute Gasteiger partial charge is 0.316 e. The minimum Gasteiger partial charge on any atom is -0.316 e. The zero-order valence-electron chi connectivity index (χ0n) is 14.1. The number of nitrogens with one attached hydrogen (secondary N) is 1. The van der Waals surface area contributed by atoms with Gasteiger partial charge in [0.25, 0.3) is 0 Å². The molecule has 2 aliphatic heterocycles. The van der Waals surface area contributed by atoms with E-state index in [1.165, 1.54) is 51.9 Å². The van der Waals surface area contributed by atoms with Gasteiger partial charge in [0.1, 0.15) is 0 Å². The van der Waals surface area contributed by atoms with Crippen LogP contribution in [0, 0.1) is 11.3 Å². The predicted molar refractivity (Wildman–Crippen MR) is 87.1 cm³/mol. The van der Waals surface area contributed by atoms with Gasteiger partial charge in [0.2, 0.25) is 0 Å². The van der Waals surface area contributed by atoms with Crippen LogP contribution < -0.4 is 5.32 Å². The van der Waals surface area contributed by atoms with Crippen molar-refractivity contribution in [2.24, 2.45) is 11.3 Å². The molecule has 3 nitrogen and oxygen atoms in total. The van der Waals surface area contributed by atoms with Crippen LogP contribution in [0.1, 0.15) is 46.5 Å². The Bertz CT molecular complexity index is 290. The zero-order chi connectivity index (χ0) is 14.6. The molecule has 20 heavy (non-hydrogen) atoms. The summed E-state index contributed by atoms with van der Waals surface area (Å²) in [6.45, 7) is 14.5. The lowest BCUT2D eigenvalue weighted by molar-refractivity contribution is 0.0240. The lowest BCUT2D eigenvalue weighted by atomic mass is 9.83. The van der Waals surface area contributed by atoms with Crippen molar-refractivity contribution >= 4 is 0 Å². The van der Waals surface area contributed by atoms with Crippen molar-refractivity contribution in [3.8, 4) is 0 Å². The maximum Gasteiger partial charge on any atom is 0.0145 e. The van der Waals surface area contributed by atoms with E-state index < -0.39 is 0 Å². The summed E-state index contributed by atoms with van der Waals surface area (Å²) in [6.07, 6.45) is 5.45. The van der Waals surface area contributed by atoms with Crippen molar-refractivity contribution < 1.29 is 0 Å². The number of piperidine rings is 2. The molecule has 0 bridgehead atoms. The highest BCUT2D eigenvalue weighted by atomic mass is 15.2. The molecule has 118 valence electrons. The standard InChI is InChI=1S/C17H35N3/c1-5-9-18-13-17(2,3)14-20-11-8-16-15(12-20)7-6-10-19(16)4/h15-16,18H,5-14H2,1-4H3. The maximum absolute atomic E-state index is 3.59. The average molecular weight is 281 g/mol. The Hall–Kier alpha value is -0.120. The minimum atomic E-state index is 0.391. The highest BCUT2D eigenvalue weighted by molar-refractivity contribution is 4.90. The number of hydrogen-bond donors (Lipinski definition) is 1. The third kappa shape index (κ3) is 4.44. The Morgan fingerprint density at radius 1 is 1.20 bits per heavy atom. The first-order valence-electron chi connectivity index (χ1n) is 8.65. The summed E-state index contributed by atoms with van der Waals surface area (Å²) in [5.74, 6) is 0.918. The highest BCUT2D eigenvalue weighted by Gasteiger charge is 2.35. The van der Waals surface area contributed by atoms with E-state index in [1.54, 1.807) is 0 Å². The lowest BCUT2D eigenvalue weighted by Gasteiger charge is -2.47. The van der Waals surface area contributed by atoms with Gasteiger partial charge in [0, 0.05) is 25.7 Å². The van der Waals surface area contributed by atoms with Crippen molar-refractivity contribution in [2.45, 2.75) is 52.5 Å². The van der Waals surface area contributed by atoms with Crippen LogP contribution in [0.3, 0.4) is 0 Å². The van der Waals surface area contributed by atoms with E-state index in [2.05, 4.69) is 42.9 Å². The van der Waals surface area contributed by atoms with E-state index in [4.69, 9.17) is 0 Å². The van der Waals surface area contributed by atoms with Crippen LogP contribution in [0.25, 0.3) is 0 Å². The van der Waals surface area contributed by atoms with Gasteiger partial charge >= 0.3 is 0 Å². The van der Waals surface area contributed by atoms with Crippen molar-refractivity contribution in [1.29, 1.82) is 0 Å². The van der Waals surface area contributed by atoms with Gasteiger partial charge in [-0.1, -0.05) is 20.8 Å². The molecule has 0 saturated carbocycles. The first kappa shape index (κ1) is 16.3. The van der Waals surface area contributed by atoms with Gasteiger partial charge in [-0.25, -0.2) is 0 Å². The number of hydrogen-bond acceptors (Lipinski definition) is 3. The third-order valence-electron chi connectivity index (χ3n) is 5.11. The number of likely N-dealkylation sites (tertiary alicyclic amines) is 2. The van der Waals surface area contributed by atoms with Gasteiger partial charge < -0.3 is 15.1 Å². The fraction of sp³-hybridized carbons (Fsp3) is 1.00. The van der Waals surface area contributed by atoms with E-state index in [0.29, 0.717) is 5.41 Å². The lowest BCUT2D eigenvalue weighted by Crippen LogP contribution is -2.54. The van der Waals surface area contributed by atoms with Crippen LogP contribution in [0.15, 0.2) is 0 Å². The number of rotatable bonds is 6. The molecule has 0 aromatic rings. The first-order valence-corrected chi connectivity index (χ1v) is 8.65. The van der Waals surface area contributed by atoms with Crippen molar-refractivity contribution in [3.63, 3.8) is 0 Å². The molecule has 2 unspecified atom stereocenters. The van der Waals surface area contributed by atoms with E-state index in [-0.39, 0.29) is 0 Å². The van der Waals surface area contributed by atoms with Gasteiger partial charge in [-0.3, -0.25) is 0 Å². The molecule has 0 spiro atoms. The van der Waals surface area contributed by atoms with Crippen LogP contribution >= 0.6 is 0 Å². The predicted octanol–water partition coefficient (Wildman–Crippen LogP) is 2.43. The Morgan fingerprint density at radius 2 is 2.00 bits per heavy atom. The molecule has 0 aromatic heterocycles. The third-order valence-corrected chi connectivity index (χ3v) is 5.11. The second-order valence-electron chi connectivity index (χ2n) is 7.82. The van der Waals surface area contributed by atoms with Gasteiger partial charge in [-0.15, -0.1) is 0 Å². The molecule has 2 rings (SSSR count). The van der Waals surface area contributed by atoms with Crippen molar-refractivity contribution in [1.82, 2.24) is 15.1 Å². The topological polar surface area (TPSA) is 18.5 Å². The second-order valence-corrected chi connectivity index (χ2v) is 7.82. The monoisotopic (exact) mass is 281 g/mol. The second kappa shape index (κ2) is 7.24. The average Bonchev–Trinajstić information content (AvgIpc) is 2.38. The molecule has 2 atom stereocenters. The summed E-state index contributed by atoms with van der Waals surface area (Å²) in [5, 5.41) is 3.59. The molecule has 2 fully saturated rings. The molecular formula is C17H35N3. The number of fused-ring (bicyclic) bond motifs is 1. The Kier molecular flexibility index (Phi) is 5.88. The summed E-state index contributed by atoms with van der Waals surface area (Å²) < 4.78 is 0. The Morgan fingerprint density at radius 3 is 2.75 bits per heavy atom. The summed E-state index contributed by atoms with van der Waals surface area (Å²) in [4.78, 5) is 5.34. The first-order chi connectivity index (χ1) is 9.52. The van der Waals surface area contributed by atoms with Gasteiger partial charge in [0.05, 0.1) is 0 Å². The molecule has 2 saturated heterocycles. The van der Waals surface area contributed by atoms with Crippen LogP contribution in [-0.2, 0) is 0 Å². The summed E-state index contributed by atoms with van der Waals surface area (Å²) in [5.41, 5.74) is 0.391. The maximum atomic E-state index is 3.59. The molecule has 2 aliphatic rings. The van der Waals surface area contributed by atoms with Gasteiger partial charge in [0.15, 0.2) is 0 Å². The molecule has 1 N–H and O–H groups in total. The van der Waals surface area contributed by atoms with Crippen LogP contribution in [0.5, 0.6) is 0 Å². The number of nitrogens with zero attached hydrogens (tertiary/aromatic N) is 2. The highest BCUT2D eigenvalue weighted by Crippen LogP contribution is 2.30. The minimum absolute atomic E-state index is 0.391. The molecule has 0 aromatic carbocycles.